The van der Waals surface area contributed by atoms with E-state index in [2.05, 4.69) is 34.8 Å². The number of anilines is 1. The molecule has 0 aliphatic carbocycles. The third-order valence-electron chi connectivity index (χ3n) is 4.55. The molecule has 0 saturated carbocycles. The van der Waals surface area contributed by atoms with E-state index in [0.717, 1.165) is 23.6 Å². The van der Waals surface area contributed by atoms with Crippen LogP contribution in [0.1, 0.15) is 53.5 Å². The number of ether oxygens (including phenoxy) is 1. The van der Waals surface area contributed by atoms with Gasteiger partial charge in [-0.05, 0) is 50.8 Å². The van der Waals surface area contributed by atoms with Gasteiger partial charge in [0.1, 0.15) is 5.60 Å². The summed E-state index contributed by atoms with van der Waals surface area (Å²) in [5, 5.41) is 9.11. The maximum atomic E-state index is 12.2. The molecule has 8 nitrogen and oxygen atoms in total. The number of aliphatic imine (C=N–C) groups is 1. The van der Waals surface area contributed by atoms with Crippen LogP contribution in [-0.2, 0) is 16.1 Å². The van der Waals surface area contributed by atoms with Crippen molar-refractivity contribution in [2.24, 2.45) is 10.9 Å². The third-order valence-corrected chi connectivity index (χ3v) is 4.55. The molecule has 182 valence electrons. The Balaban J connectivity index is 0.00000961. The van der Waals surface area contributed by atoms with Gasteiger partial charge >= 0.3 is 6.09 Å². The number of benzene rings is 1. The van der Waals surface area contributed by atoms with Crippen LogP contribution in [0, 0.1) is 5.92 Å². The Bertz CT molecular complexity index is 762. The van der Waals surface area contributed by atoms with E-state index in [9.17, 15) is 9.59 Å². The molecule has 0 heterocycles. The lowest BCUT2D eigenvalue weighted by molar-refractivity contribution is -0.114. The van der Waals surface area contributed by atoms with Gasteiger partial charge in [-0.25, -0.2) is 4.79 Å². The van der Waals surface area contributed by atoms with Gasteiger partial charge in [0, 0.05) is 45.8 Å². The van der Waals surface area contributed by atoms with Crippen LogP contribution in [0.15, 0.2) is 29.3 Å². The van der Waals surface area contributed by atoms with Crippen LogP contribution in [0.3, 0.4) is 0 Å². The molecule has 0 spiro atoms. The number of nitrogens with one attached hydrogen (secondary N) is 3. The van der Waals surface area contributed by atoms with Crippen molar-refractivity contribution >= 4 is 47.6 Å². The average Bonchev–Trinajstić information content (AvgIpc) is 2.63. The van der Waals surface area contributed by atoms with Crippen LogP contribution in [-0.4, -0.2) is 55.1 Å². The molecular formula is C23H40IN5O3. The van der Waals surface area contributed by atoms with Crippen LogP contribution < -0.4 is 16.0 Å². The Morgan fingerprint density at radius 3 is 2.41 bits per heavy atom. The third kappa shape index (κ3) is 12.1. The smallest absolute Gasteiger partial charge is 0.407 e. The molecule has 2 amide bonds. The highest BCUT2D eigenvalue weighted by atomic mass is 127. The Labute approximate surface area is 210 Å². The second kappa shape index (κ2) is 14.2. The van der Waals surface area contributed by atoms with Crippen LogP contribution in [0.5, 0.6) is 0 Å². The monoisotopic (exact) mass is 561 g/mol. The summed E-state index contributed by atoms with van der Waals surface area (Å²) in [5.74, 6) is 0.928. The fourth-order valence-electron chi connectivity index (χ4n) is 3.00. The van der Waals surface area contributed by atoms with Crippen LogP contribution in [0.25, 0.3) is 0 Å². The van der Waals surface area contributed by atoms with E-state index < -0.39 is 11.7 Å². The van der Waals surface area contributed by atoms with E-state index in [1.807, 2.05) is 57.0 Å². The zero-order valence-electron chi connectivity index (χ0n) is 20.6. The summed E-state index contributed by atoms with van der Waals surface area (Å²) in [5.41, 5.74) is 1.28. The fourth-order valence-corrected chi connectivity index (χ4v) is 3.00. The molecule has 0 aromatic heterocycles. The van der Waals surface area contributed by atoms with Crippen molar-refractivity contribution in [3.63, 3.8) is 0 Å². The Morgan fingerprint density at radius 1 is 1.22 bits per heavy atom. The number of carbonyl (C=O) groups excluding carboxylic acids is 2. The maximum Gasteiger partial charge on any atom is 0.407 e. The predicted molar refractivity (Wildman–Crippen MR) is 142 cm³/mol. The standard InChI is InChI=1S/C23H39N5O3.HI/c1-16(2)20(27-22(30)31-23(4,5)6)12-13-28(8)21(24-7)25-15-18-10-9-11-19(14-18)26-17(3)29;/h9-11,14,16,20H,12-13,15H2,1-8H3,(H,24,25)(H,26,29)(H,27,30);1H. The van der Waals surface area contributed by atoms with Crippen LogP contribution in [0.4, 0.5) is 10.5 Å². The lowest BCUT2D eigenvalue weighted by atomic mass is 10.0. The van der Waals surface area contributed by atoms with Gasteiger partial charge in [-0.1, -0.05) is 26.0 Å². The Hall–Kier alpha value is -2.04. The van der Waals surface area contributed by atoms with Crippen molar-refractivity contribution in [1.82, 2.24) is 15.5 Å². The molecule has 3 N–H and O–H groups in total. The summed E-state index contributed by atoms with van der Waals surface area (Å²) in [4.78, 5) is 29.8. The second-order valence-corrected chi connectivity index (χ2v) is 8.99. The molecule has 9 heteroatoms. The molecule has 1 aromatic carbocycles. The summed E-state index contributed by atoms with van der Waals surface area (Å²) in [7, 11) is 3.71. The summed E-state index contributed by atoms with van der Waals surface area (Å²) in [6, 6.07) is 7.68. The molecule has 0 saturated heterocycles. The van der Waals surface area contributed by atoms with Gasteiger partial charge in [0.05, 0.1) is 0 Å². The summed E-state index contributed by atoms with van der Waals surface area (Å²) in [6.07, 6.45) is 0.363. The molecule has 1 unspecified atom stereocenters. The molecule has 0 bridgehead atoms. The number of hydrogen-bond acceptors (Lipinski definition) is 4. The van der Waals surface area contributed by atoms with Crippen molar-refractivity contribution in [3.8, 4) is 0 Å². The Morgan fingerprint density at radius 2 is 1.88 bits per heavy atom. The molecule has 0 aliphatic heterocycles. The minimum atomic E-state index is -0.522. The topological polar surface area (TPSA) is 95.1 Å². The van der Waals surface area contributed by atoms with Crippen LogP contribution in [0.2, 0.25) is 0 Å². The lowest BCUT2D eigenvalue weighted by Gasteiger charge is -2.28. The van der Waals surface area contributed by atoms with E-state index in [1.165, 1.54) is 6.92 Å². The molecule has 32 heavy (non-hydrogen) atoms. The highest BCUT2D eigenvalue weighted by Gasteiger charge is 2.22. The van der Waals surface area contributed by atoms with Gasteiger partial charge in [-0.15, -0.1) is 24.0 Å². The minimum absolute atomic E-state index is 0. The molecule has 1 aromatic rings. The number of rotatable bonds is 8. The van der Waals surface area contributed by atoms with Crippen LogP contribution >= 0.6 is 24.0 Å². The largest absolute Gasteiger partial charge is 0.444 e. The van der Waals surface area contributed by atoms with Crippen molar-refractivity contribution in [1.29, 1.82) is 0 Å². The van der Waals surface area contributed by atoms with Gasteiger partial charge in [-0.3, -0.25) is 9.79 Å². The lowest BCUT2D eigenvalue weighted by Crippen LogP contribution is -2.45. The summed E-state index contributed by atoms with van der Waals surface area (Å²) in [6.45, 7) is 12.5. The van der Waals surface area contributed by atoms with Gasteiger partial charge in [0.25, 0.3) is 0 Å². The van der Waals surface area contributed by atoms with E-state index in [4.69, 9.17) is 4.74 Å². The van der Waals surface area contributed by atoms with E-state index in [1.54, 1.807) is 7.05 Å². The first-order chi connectivity index (χ1) is 14.4. The summed E-state index contributed by atoms with van der Waals surface area (Å²) < 4.78 is 5.39. The number of hydrogen-bond donors (Lipinski definition) is 3. The molecule has 0 radical (unpaired) electrons. The molecular weight excluding hydrogens is 521 g/mol. The van der Waals surface area contributed by atoms with Crippen molar-refractivity contribution < 1.29 is 14.3 Å². The first-order valence-electron chi connectivity index (χ1n) is 10.7. The fraction of sp³-hybridized carbons (Fsp3) is 0.609. The number of nitrogens with zero attached hydrogens (tertiary/aromatic N) is 2. The van der Waals surface area contributed by atoms with Gasteiger partial charge in [0.2, 0.25) is 5.91 Å². The molecule has 0 fully saturated rings. The first kappa shape index (κ1) is 30.0. The number of guanidine groups is 1. The molecule has 1 rings (SSSR count). The van der Waals surface area contributed by atoms with Crippen molar-refractivity contribution in [2.45, 2.75) is 66.2 Å². The number of amides is 2. The highest BCUT2D eigenvalue weighted by Crippen LogP contribution is 2.12. The first-order valence-corrected chi connectivity index (χ1v) is 10.7. The Kier molecular flexibility index (Phi) is 13.3. The maximum absolute atomic E-state index is 12.2. The zero-order valence-corrected chi connectivity index (χ0v) is 22.9. The number of carbonyl (C=O) groups is 2. The van der Waals surface area contributed by atoms with Crippen molar-refractivity contribution in [2.75, 3.05) is 26.0 Å². The van der Waals surface area contributed by atoms with Crippen molar-refractivity contribution in [3.05, 3.63) is 29.8 Å². The number of halogens is 1. The van der Waals surface area contributed by atoms with Gasteiger partial charge < -0.3 is 25.6 Å². The average molecular weight is 562 g/mol. The normalized spacial score (nSPS) is 12.5. The number of alkyl carbamates (subject to hydrolysis) is 1. The highest BCUT2D eigenvalue weighted by molar-refractivity contribution is 14.0. The summed E-state index contributed by atoms with van der Waals surface area (Å²) >= 11 is 0. The minimum Gasteiger partial charge on any atom is -0.444 e. The van der Waals surface area contributed by atoms with E-state index >= 15 is 0 Å². The van der Waals surface area contributed by atoms with Gasteiger partial charge in [0.15, 0.2) is 5.96 Å². The quantitative estimate of drug-likeness (QED) is 0.251. The van der Waals surface area contributed by atoms with E-state index in [0.29, 0.717) is 13.1 Å². The SMILES string of the molecule is CN=C(NCc1cccc(NC(C)=O)c1)N(C)CCC(NC(=O)OC(C)(C)C)C(C)C.I. The molecule has 0 aliphatic rings. The van der Waals surface area contributed by atoms with E-state index in [-0.39, 0.29) is 41.8 Å². The predicted octanol–water partition coefficient (Wildman–Crippen LogP) is 4.21. The molecule has 1 atom stereocenters. The zero-order chi connectivity index (χ0) is 23.6. The van der Waals surface area contributed by atoms with Gasteiger partial charge in [-0.2, -0.15) is 0 Å². The second-order valence-electron chi connectivity index (χ2n) is 8.99.